The van der Waals surface area contributed by atoms with Gasteiger partial charge in [0.2, 0.25) is 5.91 Å². The Hall–Kier alpha value is -2.34. The van der Waals surface area contributed by atoms with Gasteiger partial charge in [-0.3, -0.25) is 4.79 Å². The Morgan fingerprint density at radius 3 is 2.74 bits per heavy atom. The van der Waals surface area contributed by atoms with Gasteiger partial charge < -0.3 is 20.5 Å². The summed E-state index contributed by atoms with van der Waals surface area (Å²) in [7, 11) is 0. The van der Waals surface area contributed by atoms with Gasteiger partial charge in [0.15, 0.2) is 11.5 Å². The molecule has 0 spiro atoms. The largest absolute Gasteiger partial charge is 0.486 e. The van der Waals surface area contributed by atoms with Crippen molar-refractivity contribution >= 4 is 29.0 Å². The molecule has 3 N–H and O–H groups in total. The highest BCUT2D eigenvalue weighted by Crippen LogP contribution is 2.33. The summed E-state index contributed by atoms with van der Waals surface area (Å²) in [5.41, 5.74) is 7.14. The van der Waals surface area contributed by atoms with Gasteiger partial charge in [-0.15, -0.1) is 11.8 Å². The van der Waals surface area contributed by atoms with Crippen LogP contribution < -0.4 is 20.5 Å². The van der Waals surface area contributed by atoms with Crippen molar-refractivity contribution in [3.05, 3.63) is 42.5 Å². The third kappa shape index (κ3) is 3.90. The molecule has 2 aromatic rings. The smallest absolute Gasteiger partial charge is 0.237 e. The Kier molecular flexibility index (Phi) is 4.62. The van der Waals surface area contributed by atoms with Crippen LogP contribution in [0.15, 0.2) is 47.4 Å². The van der Waals surface area contributed by atoms with Crippen molar-refractivity contribution in [1.82, 2.24) is 0 Å². The van der Waals surface area contributed by atoms with Crippen LogP contribution in [-0.4, -0.2) is 24.4 Å². The number of carbonyl (C=O) groups excluding carboxylic acids is 1. The van der Waals surface area contributed by atoms with Gasteiger partial charge in [0.1, 0.15) is 13.2 Å². The Balaban J connectivity index is 1.64. The van der Waals surface area contributed by atoms with E-state index in [9.17, 15) is 4.79 Å². The van der Waals surface area contributed by atoms with Crippen LogP contribution in [0.1, 0.15) is 6.92 Å². The molecule has 0 radical (unpaired) electrons. The summed E-state index contributed by atoms with van der Waals surface area (Å²) < 4.78 is 11.0. The molecule has 1 aliphatic heterocycles. The van der Waals surface area contributed by atoms with Crippen molar-refractivity contribution in [3.63, 3.8) is 0 Å². The van der Waals surface area contributed by atoms with E-state index >= 15 is 0 Å². The SMILES string of the molecule is CC(Sc1cccc(N)c1)C(=O)Nc1ccc2c(c1)OCCO2. The Labute approximate surface area is 139 Å². The standard InChI is InChI=1S/C17H18N2O3S/c1-11(23-14-4-2-3-12(18)9-14)17(20)19-13-5-6-15-16(10-13)22-8-7-21-15/h2-6,9-11H,7-8,18H2,1H3,(H,19,20). The average molecular weight is 330 g/mol. The summed E-state index contributed by atoms with van der Waals surface area (Å²) in [6.45, 7) is 2.93. The summed E-state index contributed by atoms with van der Waals surface area (Å²) >= 11 is 1.47. The summed E-state index contributed by atoms with van der Waals surface area (Å²) in [6, 6.07) is 12.9. The molecule has 2 aromatic carbocycles. The molecule has 0 aliphatic carbocycles. The van der Waals surface area contributed by atoms with E-state index in [0.29, 0.717) is 36.1 Å². The molecule has 3 rings (SSSR count). The van der Waals surface area contributed by atoms with E-state index in [4.69, 9.17) is 15.2 Å². The highest BCUT2D eigenvalue weighted by atomic mass is 32.2. The minimum absolute atomic E-state index is 0.0749. The van der Waals surface area contributed by atoms with Crippen molar-refractivity contribution in [2.75, 3.05) is 24.3 Å². The maximum atomic E-state index is 12.3. The number of amides is 1. The van der Waals surface area contributed by atoms with E-state index in [0.717, 1.165) is 4.90 Å². The number of thioether (sulfide) groups is 1. The molecule has 0 saturated heterocycles. The third-order valence-electron chi connectivity index (χ3n) is 3.35. The number of benzene rings is 2. The fourth-order valence-corrected chi connectivity index (χ4v) is 3.15. The van der Waals surface area contributed by atoms with E-state index in [-0.39, 0.29) is 11.2 Å². The number of nitrogen functional groups attached to an aromatic ring is 1. The van der Waals surface area contributed by atoms with Crippen molar-refractivity contribution in [3.8, 4) is 11.5 Å². The van der Waals surface area contributed by atoms with Crippen molar-refractivity contribution in [2.45, 2.75) is 17.1 Å². The van der Waals surface area contributed by atoms with Gasteiger partial charge in [-0.1, -0.05) is 6.07 Å². The maximum absolute atomic E-state index is 12.3. The number of hydrogen-bond acceptors (Lipinski definition) is 5. The lowest BCUT2D eigenvalue weighted by Gasteiger charge is -2.19. The summed E-state index contributed by atoms with van der Waals surface area (Å²) in [5, 5.41) is 2.65. The second kappa shape index (κ2) is 6.83. The van der Waals surface area contributed by atoms with E-state index in [1.807, 2.05) is 37.3 Å². The fourth-order valence-electron chi connectivity index (χ4n) is 2.21. The van der Waals surface area contributed by atoms with Gasteiger partial charge in [-0.2, -0.15) is 0 Å². The highest BCUT2D eigenvalue weighted by molar-refractivity contribution is 8.00. The van der Waals surface area contributed by atoms with Gasteiger partial charge in [-0.25, -0.2) is 0 Å². The van der Waals surface area contributed by atoms with Crippen LogP contribution in [0.4, 0.5) is 11.4 Å². The van der Waals surface area contributed by atoms with E-state index in [2.05, 4.69) is 5.32 Å². The van der Waals surface area contributed by atoms with Crippen molar-refractivity contribution < 1.29 is 14.3 Å². The molecule has 1 heterocycles. The lowest BCUT2D eigenvalue weighted by molar-refractivity contribution is -0.115. The number of hydrogen-bond donors (Lipinski definition) is 2. The van der Waals surface area contributed by atoms with E-state index in [1.165, 1.54) is 11.8 Å². The molecular weight excluding hydrogens is 312 g/mol. The summed E-state index contributed by atoms with van der Waals surface area (Å²) in [5.74, 6) is 1.29. The minimum Gasteiger partial charge on any atom is -0.486 e. The van der Waals surface area contributed by atoms with Crippen LogP contribution in [-0.2, 0) is 4.79 Å². The van der Waals surface area contributed by atoms with Crippen molar-refractivity contribution in [1.29, 1.82) is 0 Å². The number of ether oxygens (including phenoxy) is 2. The van der Waals surface area contributed by atoms with Crippen LogP contribution in [0, 0.1) is 0 Å². The molecule has 5 nitrogen and oxygen atoms in total. The van der Waals surface area contributed by atoms with Crippen LogP contribution >= 0.6 is 11.8 Å². The van der Waals surface area contributed by atoms with Gasteiger partial charge in [0, 0.05) is 22.3 Å². The Morgan fingerprint density at radius 2 is 1.96 bits per heavy atom. The molecule has 120 valence electrons. The van der Waals surface area contributed by atoms with Crippen LogP contribution in [0.3, 0.4) is 0 Å². The minimum atomic E-state index is -0.245. The molecule has 0 fully saturated rings. The zero-order chi connectivity index (χ0) is 16.2. The van der Waals surface area contributed by atoms with E-state index in [1.54, 1.807) is 12.1 Å². The number of nitrogens with one attached hydrogen (secondary N) is 1. The molecular formula is C17H18N2O3S. The summed E-state index contributed by atoms with van der Waals surface area (Å²) in [6.07, 6.45) is 0. The molecule has 0 bridgehead atoms. The number of nitrogens with two attached hydrogens (primary N) is 1. The monoisotopic (exact) mass is 330 g/mol. The average Bonchev–Trinajstić information content (AvgIpc) is 2.54. The van der Waals surface area contributed by atoms with Crippen LogP contribution in [0.2, 0.25) is 0 Å². The topological polar surface area (TPSA) is 73.6 Å². The fraction of sp³-hybridized carbons (Fsp3) is 0.235. The normalized spacial score (nSPS) is 14.1. The van der Waals surface area contributed by atoms with Crippen LogP contribution in [0.5, 0.6) is 11.5 Å². The van der Waals surface area contributed by atoms with Gasteiger partial charge in [-0.05, 0) is 37.3 Å². The molecule has 1 atom stereocenters. The first kappa shape index (κ1) is 15.6. The number of anilines is 2. The van der Waals surface area contributed by atoms with Crippen LogP contribution in [0.25, 0.3) is 0 Å². The van der Waals surface area contributed by atoms with Crippen molar-refractivity contribution in [2.24, 2.45) is 0 Å². The zero-order valence-corrected chi connectivity index (χ0v) is 13.6. The maximum Gasteiger partial charge on any atom is 0.237 e. The number of carbonyl (C=O) groups is 1. The molecule has 1 unspecified atom stereocenters. The van der Waals surface area contributed by atoms with E-state index < -0.39 is 0 Å². The predicted molar refractivity (Wildman–Crippen MR) is 92.2 cm³/mol. The molecule has 0 aromatic heterocycles. The second-order valence-corrected chi connectivity index (χ2v) is 6.59. The quantitative estimate of drug-likeness (QED) is 0.665. The van der Waals surface area contributed by atoms with Gasteiger partial charge in [0.05, 0.1) is 5.25 Å². The second-order valence-electron chi connectivity index (χ2n) is 5.18. The molecule has 0 saturated carbocycles. The first-order chi connectivity index (χ1) is 11.1. The molecule has 1 amide bonds. The van der Waals surface area contributed by atoms with Gasteiger partial charge >= 0.3 is 0 Å². The zero-order valence-electron chi connectivity index (χ0n) is 12.7. The lowest BCUT2D eigenvalue weighted by Crippen LogP contribution is -2.22. The molecule has 23 heavy (non-hydrogen) atoms. The summed E-state index contributed by atoms with van der Waals surface area (Å²) in [4.78, 5) is 13.3. The number of fused-ring (bicyclic) bond motifs is 1. The molecule has 6 heteroatoms. The first-order valence-corrected chi connectivity index (χ1v) is 8.22. The first-order valence-electron chi connectivity index (χ1n) is 7.34. The lowest BCUT2D eigenvalue weighted by atomic mass is 10.2. The Morgan fingerprint density at radius 1 is 1.17 bits per heavy atom. The highest BCUT2D eigenvalue weighted by Gasteiger charge is 2.17. The Bertz CT molecular complexity index is 721. The predicted octanol–water partition coefficient (Wildman–Crippen LogP) is 3.16. The third-order valence-corrected chi connectivity index (χ3v) is 4.44. The number of rotatable bonds is 4. The van der Waals surface area contributed by atoms with Gasteiger partial charge in [0.25, 0.3) is 0 Å². The molecule has 1 aliphatic rings.